The normalized spacial score (nSPS) is 19.5. The molecular formula is C14H18ClF3N3O3+. The van der Waals surface area contributed by atoms with E-state index in [1.165, 1.54) is 23.1 Å². The predicted octanol–water partition coefficient (Wildman–Crippen LogP) is 1.16. The van der Waals surface area contributed by atoms with Crippen LogP contribution in [0.2, 0.25) is 5.02 Å². The first kappa shape index (κ1) is 18.5. The van der Waals surface area contributed by atoms with Gasteiger partial charge in [-0.15, -0.1) is 0 Å². The smallest absolute Gasteiger partial charge is 0.424 e. The van der Waals surface area contributed by atoms with E-state index in [-0.39, 0.29) is 23.1 Å². The number of alkyl halides is 3. The summed E-state index contributed by atoms with van der Waals surface area (Å²) < 4.78 is 49.9. The van der Waals surface area contributed by atoms with Crippen molar-refractivity contribution in [1.29, 1.82) is 0 Å². The molecule has 0 bridgehead atoms. The van der Waals surface area contributed by atoms with Gasteiger partial charge in [0.05, 0.1) is 20.6 Å². The summed E-state index contributed by atoms with van der Waals surface area (Å²) in [5.41, 5.74) is 0. The molecule has 0 spiro atoms. The van der Waals surface area contributed by atoms with Crippen LogP contribution in [0.1, 0.15) is 6.42 Å². The van der Waals surface area contributed by atoms with E-state index in [0.29, 0.717) is 6.42 Å². The Morgan fingerprint density at radius 3 is 2.58 bits per heavy atom. The minimum atomic E-state index is -5.00. The number of hydrogen-bond donors (Lipinski definition) is 3. The molecule has 1 aliphatic rings. The lowest BCUT2D eigenvalue weighted by Gasteiger charge is -2.29. The molecule has 0 fully saturated rings. The third-order valence-electron chi connectivity index (χ3n) is 3.20. The summed E-state index contributed by atoms with van der Waals surface area (Å²) in [6.07, 6.45) is -4.38. The Balaban J connectivity index is 2.04. The summed E-state index contributed by atoms with van der Waals surface area (Å²) >= 11 is 5.73. The number of carbonyl (C=O) groups is 1. The van der Waals surface area contributed by atoms with Crippen LogP contribution in [0, 0.1) is 0 Å². The first-order valence-corrected chi connectivity index (χ1v) is 7.60. The minimum absolute atomic E-state index is 0.159. The highest BCUT2D eigenvalue weighted by atomic mass is 35.5. The van der Waals surface area contributed by atoms with Crippen LogP contribution in [0.3, 0.4) is 0 Å². The molecule has 1 atom stereocenters. The van der Waals surface area contributed by atoms with Gasteiger partial charge in [0.2, 0.25) is 0 Å². The van der Waals surface area contributed by atoms with Crippen molar-refractivity contribution in [1.82, 2.24) is 10.6 Å². The SMILES string of the molecule is C[NH+](C)CCCNC(=O)NC1(C(F)(F)F)Oc2ccc(Cl)cc2O1. The van der Waals surface area contributed by atoms with Crippen LogP contribution in [0.5, 0.6) is 11.5 Å². The summed E-state index contributed by atoms with van der Waals surface area (Å²) in [6.45, 7) is 0.991. The van der Waals surface area contributed by atoms with E-state index in [0.717, 1.165) is 6.54 Å². The number of carbonyl (C=O) groups excluding carboxylic acids is 1. The quantitative estimate of drug-likeness (QED) is 0.683. The Morgan fingerprint density at radius 1 is 1.29 bits per heavy atom. The van der Waals surface area contributed by atoms with Crippen LogP contribution in [-0.2, 0) is 0 Å². The zero-order chi connectivity index (χ0) is 18.0. The van der Waals surface area contributed by atoms with Crippen molar-refractivity contribution < 1.29 is 32.3 Å². The Labute approximate surface area is 141 Å². The molecular weight excluding hydrogens is 351 g/mol. The van der Waals surface area contributed by atoms with Crippen LogP contribution in [-0.4, -0.2) is 45.3 Å². The van der Waals surface area contributed by atoms with Gasteiger partial charge in [-0.25, -0.2) is 4.79 Å². The van der Waals surface area contributed by atoms with E-state index in [1.807, 2.05) is 14.1 Å². The Hall–Kier alpha value is -1.87. The first-order chi connectivity index (χ1) is 11.1. The van der Waals surface area contributed by atoms with Crippen molar-refractivity contribution in [3.8, 4) is 11.5 Å². The molecule has 0 saturated carbocycles. The molecule has 0 radical (unpaired) electrons. The van der Waals surface area contributed by atoms with Crippen molar-refractivity contribution >= 4 is 17.6 Å². The summed E-state index contributed by atoms with van der Waals surface area (Å²) in [6, 6.07) is 2.74. The lowest BCUT2D eigenvalue weighted by Crippen LogP contribution is -3.05. The topological polar surface area (TPSA) is 64.0 Å². The lowest BCUT2D eigenvalue weighted by atomic mass is 10.3. The van der Waals surface area contributed by atoms with Crippen molar-refractivity contribution in [2.24, 2.45) is 0 Å². The largest absolute Gasteiger partial charge is 0.492 e. The molecule has 2 amide bonds. The second kappa shape index (κ2) is 6.94. The standard InChI is InChI=1S/C14H17ClF3N3O3/c1-21(2)7-3-6-19-12(22)20-14(13(16,17)18)23-10-5-4-9(15)8-11(10)24-14/h4-5,8H,3,6-7H2,1-2H3,(H2,19,20,22)/p+1. The zero-order valence-corrected chi connectivity index (χ0v) is 13.8. The highest BCUT2D eigenvalue weighted by Gasteiger charge is 2.65. The third-order valence-corrected chi connectivity index (χ3v) is 3.44. The number of fused-ring (bicyclic) bond motifs is 1. The molecule has 0 saturated heterocycles. The summed E-state index contributed by atoms with van der Waals surface area (Å²) in [4.78, 5) is 13.0. The van der Waals surface area contributed by atoms with Gasteiger partial charge in [-0.3, -0.25) is 5.32 Å². The van der Waals surface area contributed by atoms with E-state index in [1.54, 1.807) is 5.32 Å². The molecule has 24 heavy (non-hydrogen) atoms. The van der Waals surface area contributed by atoms with Gasteiger partial charge in [0, 0.05) is 24.1 Å². The molecule has 10 heteroatoms. The van der Waals surface area contributed by atoms with E-state index in [9.17, 15) is 18.0 Å². The number of amides is 2. The maximum absolute atomic E-state index is 13.4. The molecule has 1 aromatic rings. The fraction of sp³-hybridized carbons (Fsp3) is 0.500. The fourth-order valence-electron chi connectivity index (χ4n) is 2.05. The number of urea groups is 1. The third kappa shape index (κ3) is 4.15. The summed E-state index contributed by atoms with van der Waals surface area (Å²) in [5, 5.41) is 4.25. The first-order valence-electron chi connectivity index (χ1n) is 7.22. The average molecular weight is 369 g/mol. The van der Waals surface area contributed by atoms with Crippen LogP contribution in [0.4, 0.5) is 18.0 Å². The van der Waals surface area contributed by atoms with Gasteiger partial charge in [0.15, 0.2) is 11.5 Å². The van der Waals surface area contributed by atoms with E-state index < -0.39 is 18.1 Å². The number of hydrogen-bond acceptors (Lipinski definition) is 3. The maximum atomic E-state index is 13.4. The number of nitrogens with one attached hydrogen (secondary N) is 3. The highest BCUT2D eigenvalue weighted by Crippen LogP contribution is 2.45. The van der Waals surface area contributed by atoms with Gasteiger partial charge in [0.25, 0.3) is 0 Å². The maximum Gasteiger partial charge on any atom is 0.492 e. The van der Waals surface area contributed by atoms with Gasteiger partial charge in [-0.2, -0.15) is 13.2 Å². The van der Waals surface area contributed by atoms with Crippen LogP contribution in [0.15, 0.2) is 18.2 Å². The lowest BCUT2D eigenvalue weighted by molar-refractivity contribution is -0.858. The monoisotopic (exact) mass is 368 g/mol. The van der Waals surface area contributed by atoms with Crippen LogP contribution in [0.25, 0.3) is 0 Å². The number of quaternary nitrogens is 1. The van der Waals surface area contributed by atoms with E-state index in [4.69, 9.17) is 21.1 Å². The number of rotatable bonds is 5. The highest BCUT2D eigenvalue weighted by molar-refractivity contribution is 6.30. The van der Waals surface area contributed by atoms with Gasteiger partial charge in [-0.05, 0) is 12.1 Å². The molecule has 0 aliphatic carbocycles. The molecule has 0 aromatic heterocycles. The molecule has 1 aliphatic heterocycles. The molecule has 1 unspecified atom stereocenters. The molecule has 6 nitrogen and oxygen atoms in total. The Morgan fingerprint density at radius 2 is 1.96 bits per heavy atom. The van der Waals surface area contributed by atoms with E-state index in [2.05, 4.69) is 5.32 Å². The minimum Gasteiger partial charge on any atom is -0.424 e. The van der Waals surface area contributed by atoms with Crippen LogP contribution < -0.4 is 25.0 Å². The average Bonchev–Trinajstić information content (AvgIpc) is 2.81. The fourth-order valence-corrected chi connectivity index (χ4v) is 2.21. The zero-order valence-electron chi connectivity index (χ0n) is 13.1. The number of benzene rings is 1. The summed E-state index contributed by atoms with van der Waals surface area (Å²) in [7, 11) is 3.86. The number of halogens is 4. The number of ether oxygens (including phenoxy) is 2. The second-order valence-corrected chi connectivity index (χ2v) is 6.04. The van der Waals surface area contributed by atoms with Gasteiger partial charge < -0.3 is 19.7 Å². The van der Waals surface area contributed by atoms with Crippen molar-refractivity contribution in [3.05, 3.63) is 23.2 Å². The van der Waals surface area contributed by atoms with Crippen molar-refractivity contribution in [3.63, 3.8) is 0 Å². The van der Waals surface area contributed by atoms with E-state index >= 15 is 0 Å². The molecule has 1 heterocycles. The van der Waals surface area contributed by atoms with Crippen molar-refractivity contribution in [2.75, 3.05) is 27.2 Å². The predicted molar refractivity (Wildman–Crippen MR) is 80.3 cm³/mol. The molecule has 1 aromatic carbocycles. The van der Waals surface area contributed by atoms with Gasteiger partial charge in [-0.1, -0.05) is 11.6 Å². The molecule has 2 rings (SSSR count). The Bertz CT molecular complexity index is 613. The van der Waals surface area contributed by atoms with Crippen molar-refractivity contribution in [2.45, 2.75) is 18.5 Å². The summed E-state index contributed by atoms with van der Waals surface area (Å²) in [5.74, 6) is -3.64. The second-order valence-electron chi connectivity index (χ2n) is 5.60. The molecule has 3 N–H and O–H groups in total. The van der Waals surface area contributed by atoms with Gasteiger partial charge >= 0.3 is 18.1 Å². The van der Waals surface area contributed by atoms with Crippen LogP contribution >= 0.6 is 11.6 Å². The molecule has 134 valence electrons. The van der Waals surface area contributed by atoms with Gasteiger partial charge in [0.1, 0.15) is 0 Å². The Kier molecular flexibility index (Phi) is 5.34.